The molecule has 0 aliphatic carbocycles. The lowest BCUT2D eigenvalue weighted by atomic mass is 9.78. The highest BCUT2D eigenvalue weighted by molar-refractivity contribution is 6.30. The molecule has 3 rings (SSSR count). The normalized spacial score (nSPS) is 11.1. The van der Waals surface area contributed by atoms with Crippen LogP contribution >= 0.6 is 11.6 Å². The maximum Gasteiger partial charge on any atom is 0.262 e. The summed E-state index contributed by atoms with van der Waals surface area (Å²) >= 11 is 5.94. The Bertz CT molecular complexity index is 950. The van der Waals surface area contributed by atoms with E-state index in [9.17, 15) is 4.79 Å². The summed E-state index contributed by atoms with van der Waals surface area (Å²) in [5, 5.41) is 3.49. The van der Waals surface area contributed by atoms with E-state index in [0.717, 1.165) is 11.3 Å². The number of hydrogen-bond acceptors (Lipinski definition) is 2. The quantitative estimate of drug-likeness (QED) is 0.558. The van der Waals surface area contributed by atoms with Crippen molar-refractivity contribution in [1.82, 2.24) is 0 Å². The van der Waals surface area contributed by atoms with E-state index in [1.54, 1.807) is 12.1 Å². The molecular weight excluding hydrogens is 370 g/mol. The van der Waals surface area contributed by atoms with Gasteiger partial charge in [0.15, 0.2) is 6.61 Å². The van der Waals surface area contributed by atoms with Crippen molar-refractivity contribution in [3.05, 3.63) is 94.5 Å². The zero-order valence-corrected chi connectivity index (χ0v) is 17.1. The largest absolute Gasteiger partial charge is 0.484 e. The van der Waals surface area contributed by atoms with Crippen molar-refractivity contribution in [3.8, 4) is 5.75 Å². The first-order valence-electron chi connectivity index (χ1n) is 9.21. The minimum atomic E-state index is -0.209. The number of ether oxygens (including phenoxy) is 1. The molecule has 3 nitrogen and oxygen atoms in total. The molecule has 144 valence electrons. The minimum Gasteiger partial charge on any atom is -0.484 e. The van der Waals surface area contributed by atoms with Gasteiger partial charge < -0.3 is 10.1 Å². The lowest BCUT2D eigenvalue weighted by molar-refractivity contribution is -0.118. The highest BCUT2D eigenvalue weighted by Crippen LogP contribution is 2.32. The monoisotopic (exact) mass is 393 g/mol. The molecule has 0 saturated carbocycles. The molecule has 0 unspecified atom stereocenters. The van der Waals surface area contributed by atoms with E-state index in [1.807, 2.05) is 43.3 Å². The first kappa shape index (κ1) is 20.0. The maximum absolute atomic E-state index is 12.2. The molecule has 1 N–H and O–H groups in total. The SMILES string of the molecule is Cc1cc(Cl)ccc1NC(=O)COc1ccc(C(C)(C)c2ccccc2)cc1. The van der Waals surface area contributed by atoms with Crippen molar-refractivity contribution in [2.45, 2.75) is 26.2 Å². The van der Waals surface area contributed by atoms with E-state index >= 15 is 0 Å². The van der Waals surface area contributed by atoms with Crippen LogP contribution in [-0.2, 0) is 10.2 Å². The van der Waals surface area contributed by atoms with E-state index in [0.29, 0.717) is 10.8 Å². The standard InChI is InChI=1S/C24H24ClNO2/c1-17-15-20(25)11-14-22(17)26-23(27)16-28-21-12-9-19(10-13-21)24(2,3)18-7-5-4-6-8-18/h4-15H,16H2,1-3H3,(H,26,27). The molecule has 0 aliphatic rings. The van der Waals surface area contributed by atoms with Crippen molar-refractivity contribution in [2.75, 3.05) is 11.9 Å². The number of rotatable bonds is 6. The fraction of sp³-hybridized carbons (Fsp3) is 0.208. The molecule has 1 amide bonds. The Morgan fingerprint density at radius 2 is 1.61 bits per heavy atom. The van der Waals surface area contributed by atoms with Gasteiger partial charge in [-0.3, -0.25) is 4.79 Å². The van der Waals surface area contributed by atoms with Gasteiger partial charge >= 0.3 is 0 Å². The predicted octanol–water partition coefficient (Wildman–Crippen LogP) is 5.99. The van der Waals surface area contributed by atoms with Crippen LogP contribution in [0.15, 0.2) is 72.8 Å². The topological polar surface area (TPSA) is 38.3 Å². The van der Waals surface area contributed by atoms with Crippen molar-refractivity contribution in [3.63, 3.8) is 0 Å². The van der Waals surface area contributed by atoms with Crippen LogP contribution in [0.1, 0.15) is 30.5 Å². The predicted molar refractivity (Wildman–Crippen MR) is 115 cm³/mol. The highest BCUT2D eigenvalue weighted by Gasteiger charge is 2.22. The number of carbonyl (C=O) groups excluding carboxylic acids is 1. The molecular formula is C24H24ClNO2. The summed E-state index contributed by atoms with van der Waals surface area (Å²) in [4.78, 5) is 12.2. The summed E-state index contributed by atoms with van der Waals surface area (Å²) in [6, 6.07) is 23.6. The van der Waals surface area contributed by atoms with Crippen LogP contribution in [0.3, 0.4) is 0 Å². The molecule has 0 bridgehead atoms. The van der Waals surface area contributed by atoms with Gasteiger partial charge in [-0.15, -0.1) is 0 Å². The van der Waals surface area contributed by atoms with Gasteiger partial charge in [0, 0.05) is 16.1 Å². The summed E-state index contributed by atoms with van der Waals surface area (Å²) < 4.78 is 5.64. The molecule has 0 saturated heterocycles. The number of nitrogens with one attached hydrogen (secondary N) is 1. The summed E-state index contributed by atoms with van der Waals surface area (Å²) in [6.07, 6.45) is 0. The molecule has 0 radical (unpaired) electrons. The third-order valence-electron chi connectivity index (χ3n) is 4.90. The first-order valence-corrected chi connectivity index (χ1v) is 9.59. The van der Waals surface area contributed by atoms with E-state index in [-0.39, 0.29) is 17.9 Å². The van der Waals surface area contributed by atoms with Gasteiger partial charge in [0.25, 0.3) is 5.91 Å². The van der Waals surface area contributed by atoms with Crippen LogP contribution in [0.25, 0.3) is 0 Å². The number of amides is 1. The number of aryl methyl sites for hydroxylation is 1. The second-order valence-corrected chi connectivity index (χ2v) is 7.75. The Hall–Kier alpha value is -2.78. The third-order valence-corrected chi connectivity index (χ3v) is 5.14. The Morgan fingerprint density at radius 1 is 0.964 bits per heavy atom. The molecule has 3 aromatic rings. The molecule has 28 heavy (non-hydrogen) atoms. The van der Waals surface area contributed by atoms with Gasteiger partial charge in [-0.2, -0.15) is 0 Å². The number of carbonyl (C=O) groups is 1. The van der Waals surface area contributed by atoms with Crippen LogP contribution in [0.2, 0.25) is 5.02 Å². The molecule has 0 atom stereocenters. The zero-order valence-electron chi connectivity index (χ0n) is 16.3. The number of anilines is 1. The van der Waals surface area contributed by atoms with Crippen molar-refractivity contribution in [1.29, 1.82) is 0 Å². The highest BCUT2D eigenvalue weighted by atomic mass is 35.5. The van der Waals surface area contributed by atoms with Gasteiger partial charge in [-0.05, 0) is 53.9 Å². The first-order chi connectivity index (χ1) is 13.4. The van der Waals surface area contributed by atoms with Gasteiger partial charge in [-0.25, -0.2) is 0 Å². The summed E-state index contributed by atoms with van der Waals surface area (Å²) in [7, 11) is 0. The Balaban J connectivity index is 1.61. The Morgan fingerprint density at radius 3 is 2.25 bits per heavy atom. The van der Waals surface area contributed by atoms with E-state index in [1.165, 1.54) is 11.1 Å². The lowest BCUT2D eigenvalue weighted by Crippen LogP contribution is -2.21. The fourth-order valence-corrected chi connectivity index (χ4v) is 3.32. The molecule has 4 heteroatoms. The summed E-state index contributed by atoms with van der Waals surface area (Å²) in [5.41, 5.74) is 3.98. The Kier molecular flexibility index (Phi) is 6.05. The lowest BCUT2D eigenvalue weighted by Gasteiger charge is -2.26. The fourth-order valence-electron chi connectivity index (χ4n) is 3.09. The van der Waals surface area contributed by atoms with E-state index < -0.39 is 0 Å². The van der Waals surface area contributed by atoms with Gasteiger partial charge in [0.2, 0.25) is 0 Å². The summed E-state index contributed by atoms with van der Waals surface area (Å²) in [6.45, 7) is 6.24. The van der Waals surface area contributed by atoms with Crippen molar-refractivity contribution < 1.29 is 9.53 Å². The smallest absolute Gasteiger partial charge is 0.262 e. The van der Waals surface area contributed by atoms with Crippen LogP contribution in [-0.4, -0.2) is 12.5 Å². The number of hydrogen-bond donors (Lipinski definition) is 1. The van der Waals surface area contributed by atoms with Crippen molar-refractivity contribution >= 4 is 23.2 Å². The van der Waals surface area contributed by atoms with E-state index in [4.69, 9.17) is 16.3 Å². The van der Waals surface area contributed by atoms with Crippen LogP contribution in [0.4, 0.5) is 5.69 Å². The molecule has 0 aromatic heterocycles. The molecule has 0 aliphatic heterocycles. The molecule has 0 heterocycles. The van der Waals surface area contributed by atoms with Gasteiger partial charge in [-0.1, -0.05) is 67.9 Å². The third kappa shape index (κ3) is 4.73. The molecule has 0 spiro atoms. The Labute approximate surface area is 171 Å². The average molecular weight is 394 g/mol. The van der Waals surface area contributed by atoms with Crippen LogP contribution in [0.5, 0.6) is 5.75 Å². The second kappa shape index (κ2) is 8.49. The molecule has 0 fully saturated rings. The molecule has 3 aromatic carbocycles. The summed E-state index contributed by atoms with van der Waals surface area (Å²) in [5.74, 6) is 0.453. The maximum atomic E-state index is 12.2. The van der Waals surface area contributed by atoms with Crippen LogP contribution < -0.4 is 10.1 Å². The average Bonchev–Trinajstić information content (AvgIpc) is 2.69. The van der Waals surface area contributed by atoms with Gasteiger partial charge in [0.1, 0.15) is 5.75 Å². The van der Waals surface area contributed by atoms with E-state index in [2.05, 4.69) is 43.4 Å². The van der Waals surface area contributed by atoms with Gasteiger partial charge in [0.05, 0.1) is 0 Å². The van der Waals surface area contributed by atoms with Crippen molar-refractivity contribution in [2.24, 2.45) is 0 Å². The minimum absolute atomic E-state index is 0.0521. The number of benzene rings is 3. The zero-order chi connectivity index (χ0) is 20.1. The number of halogens is 1. The second-order valence-electron chi connectivity index (χ2n) is 7.31. The van der Waals surface area contributed by atoms with Crippen LogP contribution in [0, 0.1) is 6.92 Å².